The van der Waals surface area contributed by atoms with Gasteiger partial charge >= 0.3 is 6.03 Å². The van der Waals surface area contributed by atoms with E-state index in [2.05, 4.69) is 37.7 Å². The quantitative estimate of drug-likeness (QED) is 0.596. The second-order valence-electron chi connectivity index (χ2n) is 7.83. The van der Waals surface area contributed by atoms with E-state index >= 15 is 0 Å². The molecule has 0 unspecified atom stereocenters. The van der Waals surface area contributed by atoms with Crippen molar-refractivity contribution in [3.8, 4) is 22.8 Å². The van der Waals surface area contributed by atoms with Gasteiger partial charge < -0.3 is 29.9 Å². The van der Waals surface area contributed by atoms with E-state index in [4.69, 9.17) is 9.47 Å². The highest BCUT2D eigenvalue weighted by atomic mass is 16.5. The van der Waals surface area contributed by atoms with Crippen LogP contribution in [0.4, 0.5) is 22.0 Å². The first kappa shape index (κ1) is 22.3. The van der Waals surface area contributed by atoms with E-state index in [-0.39, 0.29) is 6.03 Å². The monoisotopic (exact) mass is 448 g/mol. The Bertz CT molecular complexity index is 1080. The molecular weight excluding hydrogens is 420 g/mol. The second kappa shape index (κ2) is 10.2. The number of carbonyl (C=O) groups is 1. The summed E-state index contributed by atoms with van der Waals surface area (Å²) in [5.74, 6) is 2.06. The van der Waals surface area contributed by atoms with Crippen molar-refractivity contribution in [2.24, 2.45) is 0 Å². The molecule has 0 bridgehead atoms. The number of amides is 2. The molecular formula is C24H28N6O3. The lowest BCUT2D eigenvalue weighted by Crippen LogP contribution is -2.44. The van der Waals surface area contributed by atoms with Crippen LogP contribution in [0.1, 0.15) is 0 Å². The molecule has 172 valence electrons. The lowest BCUT2D eigenvalue weighted by atomic mass is 10.1. The smallest absolute Gasteiger partial charge is 0.323 e. The van der Waals surface area contributed by atoms with E-state index in [0.717, 1.165) is 43.3 Å². The molecule has 9 heteroatoms. The van der Waals surface area contributed by atoms with Crippen molar-refractivity contribution in [3.63, 3.8) is 0 Å². The predicted molar refractivity (Wildman–Crippen MR) is 129 cm³/mol. The van der Waals surface area contributed by atoms with Crippen LogP contribution in [0.3, 0.4) is 0 Å². The van der Waals surface area contributed by atoms with Gasteiger partial charge in [-0.05, 0) is 31.3 Å². The van der Waals surface area contributed by atoms with Gasteiger partial charge in [0.05, 0.1) is 19.9 Å². The van der Waals surface area contributed by atoms with Crippen molar-refractivity contribution in [3.05, 3.63) is 54.6 Å². The van der Waals surface area contributed by atoms with Crippen molar-refractivity contribution in [1.82, 2.24) is 15.1 Å². The molecule has 1 aliphatic rings. The third-order valence-corrected chi connectivity index (χ3v) is 5.50. The first-order valence-corrected chi connectivity index (χ1v) is 10.7. The second-order valence-corrected chi connectivity index (χ2v) is 7.83. The average molecular weight is 449 g/mol. The fourth-order valence-corrected chi connectivity index (χ4v) is 3.61. The summed E-state index contributed by atoms with van der Waals surface area (Å²) < 4.78 is 10.5. The molecule has 1 saturated heterocycles. The van der Waals surface area contributed by atoms with Crippen molar-refractivity contribution in [2.45, 2.75) is 0 Å². The summed E-state index contributed by atoms with van der Waals surface area (Å²) in [6.07, 6.45) is 0. The number of hydrogen-bond acceptors (Lipinski definition) is 7. The average Bonchev–Trinajstić information content (AvgIpc) is 2.84. The summed E-state index contributed by atoms with van der Waals surface area (Å²) in [4.78, 5) is 17.1. The lowest BCUT2D eigenvalue weighted by Gasteiger charge is -2.32. The van der Waals surface area contributed by atoms with Gasteiger partial charge in [0.1, 0.15) is 11.5 Å². The molecule has 3 aromatic rings. The third-order valence-electron chi connectivity index (χ3n) is 5.50. The molecule has 4 rings (SSSR count). The van der Waals surface area contributed by atoms with Crippen molar-refractivity contribution in [2.75, 3.05) is 63.0 Å². The number of rotatable bonds is 6. The Labute approximate surface area is 193 Å². The maximum atomic E-state index is 12.5. The van der Waals surface area contributed by atoms with Crippen LogP contribution in [-0.2, 0) is 0 Å². The van der Waals surface area contributed by atoms with Crippen LogP contribution in [-0.4, -0.2) is 68.6 Å². The van der Waals surface area contributed by atoms with Gasteiger partial charge in [0.25, 0.3) is 0 Å². The molecule has 1 fully saturated rings. The number of nitrogens with one attached hydrogen (secondary N) is 2. The van der Waals surface area contributed by atoms with Crippen LogP contribution >= 0.6 is 0 Å². The Morgan fingerprint density at radius 1 is 0.848 bits per heavy atom. The number of piperazine rings is 1. The standard InChI is InChI=1S/C24H28N6O3/c1-29-9-11-30(12-10-29)23-8-7-22(27-28-23)17-5-4-6-18(13-17)25-24(31)26-19-14-20(32-2)16-21(15-19)33-3/h4-8,13-16H,9-12H2,1-3H3,(H2,25,26,31). The molecule has 33 heavy (non-hydrogen) atoms. The molecule has 1 aromatic heterocycles. The number of methoxy groups -OCH3 is 2. The maximum absolute atomic E-state index is 12.5. The fraction of sp³-hybridized carbons (Fsp3) is 0.292. The van der Waals surface area contributed by atoms with Gasteiger partial charge in [-0.15, -0.1) is 10.2 Å². The van der Waals surface area contributed by atoms with Crippen LogP contribution in [0.25, 0.3) is 11.3 Å². The first-order chi connectivity index (χ1) is 16.0. The Hall–Kier alpha value is -3.85. The highest BCUT2D eigenvalue weighted by molar-refractivity contribution is 6.00. The van der Waals surface area contributed by atoms with Gasteiger partial charge in [0.2, 0.25) is 0 Å². The van der Waals surface area contributed by atoms with E-state index in [1.165, 1.54) is 0 Å². The minimum atomic E-state index is -0.376. The summed E-state index contributed by atoms with van der Waals surface area (Å²) in [6.45, 7) is 3.92. The number of benzene rings is 2. The summed E-state index contributed by atoms with van der Waals surface area (Å²) in [6, 6.07) is 16.3. The van der Waals surface area contributed by atoms with Gasteiger partial charge in [-0.3, -0.25) is 0 Å². The number of likely N-dealkylation sites (N-methyl/N-ethyl adjacent to an activating group) is 1. The van der Waals surface area contributed by atoms with Gasteiger partial charge in [-0.1, -0.05) is 12.1 Å². The third kappa shape index (κ3) is 5.69. The highest BCUT2D eigenvalue weighted by Crippen LogP contribution is 2.26. The van der Waals surface area contributed by atoms with Crippen molar-refractivity contribution >= 4 is 23.2 Å². The van der Waals surface area contributed by atoms with E-state index in [1.807, 2.05) is 36.4 Å². The zero-order chi connectivity index (χ0) is 23.2. The number of ether oxygens (including phenoxy) is 2. The number of hydrogen-bond donors (Lipinski definition) is 2. The highest BCUT2D eigenvalue weighted by Gasteiger charge is 2.16. The molecule has 2 amide bonds. The number of urea groups is 1. The van der Waals surface area contributed by atoms with E-state index in [1.54, 1.807) is 32.4 Å². The number of anilines is 3. The zero-order valence-corrected chi connectivity index (χ0v) is 19.0. The lowest BCUT2D eigenvalue weighted by molar-refractivity contribution is 0.262. The normalized spacial score (nSPS) is 14.0. The first-order valence-electron chi connectivity index (χ1n) is 10.7. The predicted octanol–water partition coefficient (Wildman–Crippen LogP) is 3.56. The maximum Gasteiger partial charge on any atom is 0.323 e. The summed E-state index contributed by atoms with van der Waals surface area (Å²) >= 11 is 0. The minimum Gasteiger partial charge on any atom is -0.497 e. The van der Waals surface area contributed by atoms with Crippen LogP contribution in [0.2, 0.25) is 0 Å². The SMILES string of the molecule is COc1cc(NC(=O)Nc2cccc(-c3ccc(N4CCN(C)CC4)nn3)c2)cc(OC)c1. The van der Waals surface area contributed by atoms with E-state index in [0.29, 0.717) is 22.9 Å². The van der Waals surface area contributed by atoms with Crippen molar-refractivity contribution in [1.29, 1.82) is 0 Å². The molecule has 2 aromatic carbocycles. The Kier molecular flexibility index (Phi) is 6.89. The number of carbonyl (C=O) groups excluding carboxylic acids is 1. The molecule has 0 saturated carbocycles. The molecule has 1 aliphatic heterocycles. The van der Waals surface area contributed by atoms with Gasteiger partial charge in [-0.2, -0.15) is 0 Å². The van der Waals surface area contributed by atoms with Gasteiger partial charge in [0, 0.05) is 61.3 Å². The fourth-order valence-electron chi connectivity index (χ4n) is 3.61. The Balaban J connectivity index is 1.42. The molecule has 2 heterocycles. The Morgan fingerprint density at radius 2 is 1.55 bits per heavy atom. The van der Waals surface area contributed by atoms with E-state index in [9.17, 15) is 4.79 Å². The topological polar surface area (TPSA) is 91.9 Å². The molecule has 0 spiro atoms. The van der Waals surface area contributed by atoms with Crippen LogP contribution in [0, 0.1) is 0 Å². The molecule has 0 aliphatic carbocycles. The minimum absolute atomic E-state index is 0.376. The molecule has 2 N–H and O–H groups in total. The Morgan fingerprint density at radius 3 is 2.18 bits per heavy atom. The van der Waals surface area contributed by atoms with Crippen LogP contribution in [0.5, 0.6) is 11.5 Å². The zero-order valence-electron chi connectivity index (χ0n) is 19.0. The number of nitrogens with zero attached hydrogens (tertiary/aromatic N) is 4. The summed E-state index contributed by atoms with van der Waals surface area (Å²) in [5, 5.41) is 14.5. The van der Waals surface area contributed by atoms with E-state index < -0.39 is 0 Å². The molecule has 9 nitrogen and oxygen atoms in total. The summed E-state index contributed by atoms with van der Waals surface area (Å²) in [7, 11) is 5.25. The van der Waals surface area contributed by atoms with Crippen molar-refractivity contribution < 1.29 is 14.3 Å². The van der Waals surface area contributed by atoms with Gasteiger partial charge in [0.15, 0.2) is 5.82 Å². The van der Waals surface area contributed by atoms with Crippen LogP contribution < -0.4 is 25.0 Å². The number of aromatic nitrogens is 2. The molecule has 0 radical (unpaired) electrons. The van der Waals surface area contributed by atoms with Gasteiger partial charge in [-0.25, -0.2) is 4.79 Å². The largest absolute Gasteiger partial charge is 0.497 e. The molecule has 0 atom stereocenters. The van der Waals surface area contributed by atoms with Crippen LogP contribution in [0.15, 0.2) is 54.6 Å². The summed E-state index contributed by atoms with van der Waals surface area (Å²) in [5.41, 5.74) is 2.82.